The number of hydrogen-bond donors (Lipinski definition) is 1. The highest BCUT2D eigenvalue weighted by Gasteiger charge is 2.28. The molecule has 0 atom stereocenters. The van der Waals surface area contributed by atoms with Gasteiger partial charge in [-0.25, -0.2) is 8.42 Å². The average molecular weight is 414 g/mol. The Morgan fingerprint density at radius 2 is 1.86 bits per heavy atom. The van der Waals surface area contributed by atoms with Crippen LogP contribution in [0.15, 0.2) is 59.6 Å². The monoisotopic (exact) mass is 414 g/mol. The number of rotatable bonds is 6. The minimum absolute atomic E-state index is 0.131. The van der Waals surface area contributed by atoms with Crippen molar-refractivity contribution in [1.82, 2.24) is 9.78 Å². The summed E-state index contributed by atoms with van der Waals surface area (Å²) in [7, 11) is 0.644. The first-order valence-electron chi connectivity index (χ1n) is 8.77. The van der Waals surface area contributed by atoms with Crippen LogP contribution in [0, 0.1) is 6.92 Å². The molecule has 0 saturated heterocycles. The number of aryl methyl sites for hydroxylation is 2. The Kier molecular flexibility index (Phi) is 5.60. The van der Waals surface area contributed by atoms with Gasteiger partial charge in [-0.15, -0.1) is 0 Å². The molecule has 0 saturated carbocycles. The summed E-state index contributed by atoms with van der Waals surface area (Å²) in [5, 5.41) is 6.83. The fraction of sp³-hybridized carbons (Fsp3) is 0.200. The smallest absolute Gasteiger partial charge is 0.265 e. The molecular formula is C20H22N4O4S. The van der Waals surface area contributed by atoms with Crippen molar-refractivity contribution < 1.29 is 17.9 Å². The number of amides is 1. The maximum Gasteiger partial charge on any atom is 0.265 e. The lowest BCUT2D eigenvalue weighted by molar-refractivity contribution is 0.102. The molecule has 1 aromatic heterocycles. The van der Waals surface area contributed by atoms with Gasteiger partial charge in [0, 0.05) is 25.8 Å². The Morgan fingerprint density at radius 3 is 2.52 bits per heavy atom. The van der Waals surface area contributed by atoms with Crippen molar-refractivity contribution in [3.63, 3.8) is 0 Å². The van der Waals surface area contributed by atoms with Crippen LogP contribution in [-0.4, -0.2) is 38.3 Å². The Balaban J connectivity index is 1.94. The first-order valence-corrected chi connectivity index (χ1v) is 10.2. The van der Waals surface area contributed by atoms with Gasteiger partial charge in [0.1, 0.15) is 11.3 Å². The highest BCUT2D eigenvalue weighted by molar-refractivity contribution is 7.92. The lowest BCUT2D eigenvalue weighted by Gasteiger charge is -2.21. The summed E-state index contributed by atoms with van der Waals surface area (Å²) in [6, 6.07) is 13.4. The van der Waals surface area contributed by atoms with Gasteiger partial charge in [-0.05, 0) is 31.2 Å². The summed E-state index contributed by atoms with van der Waals surface area (Å²) in [5.74, 6) is 0.270. The lowest BCUT2D eigenvalue weighted by atomic mass is 10.2. The standard InChI is InChI=1S/C20H22N4O4S/c1-14-8-10-17(11-9-14)29(26,27)24(3)20-18(13-21-23(20)2)19(25)22-15-6-5-7-16(12-15)28-4/h5-13H,1-4H3,(H,22,25). The van der Waals surface area contributed by atoms with Gasteiger partial charge in [0.2, 0.25) is 0 Å². The van der Waals surface area contributed by atoms with E-state index in [-0.39, 0.29) is 16.3 Å². The molecule has 152 valence electrons. The number of sulfonamides is 1. The van der Waals surface area contributed by atoms with E-state index < -0.39 is 15.9 Å². The Morgan fingerprint density at radius 1 is 1.17 bits per heavy atom. The molecule has 0 unspecified atom stereocenters. The molecule has 0 fully saturated rings. The summed E-state index contributed by atoms with van der Waals surface area (Å²) in [6.07, 6.45) is 1.34. The van der Waals surface area contributed by atoms with Crippen LogP contribution >= 0.6 is 0 Å². The van der Waals surface area contributed by atoms with E-state index in [1.165, 1.54) is 37.2 Å². The molecule has 0 aliphatic rings. The van der Waals surface area contributed by atoms with E-state index in [1.807, 2.05) is 6.92 Å². The van der Waals surface area contributed by atoms with Crippen LogP contribution in [-0.2, 0) is 17.1 Å². The first kappa shape index (κ1) is 20.4. The number of benzene rings is 2. The fourth-order valence-corrected chi connectivity index (χ4v) is 4.09. The minimum Gasteiger partial charge on any atom is -0.497 e. The summed E-state index contributed by atoms with van der Waals surface area (Å²) in [5.41, 5.74) is 1.60. The molecule has 0 spiro atoms. The van der Waals surface area contributed by atoms with Gasteiger partial charge in [0.15, 0.2) is 5.82 Å². The quantitative estimate of drug-likeness (QED) is 0.669. The SMILES string of the molecule is COc1cccc(NC(=O)c2cnn(C)c2N(C)S(=O)(=O)c2ccc(C)cc2)c1. The number of nitrogens with one attached hydrogen (secondary N) is 1. The van der Waals surface area contributed by atoms with Gasteiger partial charge in [-0.2, -0.15) is 5.10 Å². The van der Waals surface area contributed by atoms with Gasteiger partial charge in [-0.1, -0.05) is 23.8 Å². The second kappa shape index (κ2) is 7.96. The van der Waals surface area contributed by atoms with E-state index in [0.717, 1.165) is 9.87 Å². The van der Waals surface area contributed by atoms with E-state index in [2.05, 4.69) is 10.4 Å². The predicted molar refractivity (Wildman–Crippen MR) is 111 cm³/mol. The van der Waals surface area contributed by atoms with Crippen LogP contribution in [0.25, 0.3) is 0 Å². The van der Waals surface area contributed by atoms with E-state index in [1.54, 1.807) is 43.4 Å². The summed E-state index contributed by atoms with van der Waals surface area (Å²) in [6.45, 7) is 1.88. The molecule has 0 bridgehead atoms. The van der Waals surface area contributed by atoms with Gasteiger partial charge >= 0.3 is 0 Å². The zero-order valence-electron chi connectivity index (χ0n) is 16.6. The zero-order valence-corrected chi connectivity index (χ0v) is 17.4. The molecule has 0 aliphatic heterocycles. The Bertz CT molecular complexity index is 1140. The molecule has 0 aliphatic carbocycles. The lowest BCUT2D eigenvalue weighted by Crippen LogP contribution is -2.30. The maximum atomic E-state index is 13.0. The molecule has 8 nitrogen and oxygen atoms in total. The van der Waals surface area contributed by atoms with Crippen molar-refractivity contribution in [2.75, 3.05) is 23.8 Å². The van der Waals surface area contributed by atoms with E-state index >= 15 is 0 Å². The predicted octanol–water partition coefficient (Wildman–Crippen LogP) is 2.81. The normalized spacial score (nSPS) is 11.2. The molecule has 1 heterocycles. The first-order chi connectivity index (χ1) is 13.7. The number of carbonyl (C=O) groups excluding carboxylic acids is 1. The van der Waals surface area contributed by atoms with E-state index in [0.29, 0.717) is 11.4 Å². The number of aromatic nitrogens is 2. The van der Waals surface area contributed by atoms with Crippen molar-refractivity contribution in [3.8, 4) is 5.75 Å². The second-order valence-electron chi connectivity index (χ2n) is 6.48. The molecule has 1 amide bonds. The van der Waals surface area contributed by atoms with Crippen molar-refractivity contribution >= 4 is 27.4 Å². The third-order valence-corrected chi connectivity index (χ3v) is 6.22. The Labute approximate surface area is 169 Å². The second-order valence-corrected chi connectivity index (χ2v) is 8.45. The topological polar surface area (TPSA) is 93.5 Å². The molecule has 1 N–H and O–H groups in total. The summed E-state index contributed by atoms with van der Waals surface area (Å²) < 4.78 is 33.7. The van der Waals surface area contributed by atoms with Crippen LogP contribution in [0.1, 0.15) is 15.9 Å². The molecule has 2 aromatic carbocycles. The van der Waals surface area contributed by atoms with Crippen LogP contribution in [0.3, 0.4) is 0 Å². The van der Waals surface area contributed by atoms with Crippen molar-refractivity contribution in [2.45, 2.75) is 11.8 Å². The van der Waals surface area contributed by atoms with Crippen LogP contribution < -0.4 is 14.4 Å². The molecule has 0 radical (unpaired) electrons. The minimum atomic E-state index is -3.87. The average Bonchev–Trinajstić information content (AvgIpc) is 3.09. The van der Waals surface area contributed by atoms with Crippen LogP contribution in [0.2, 0.25) is 0 Å². The van der Waals surface area contributed by atoms with Gasteiger partial charge < -0.3 is 10.1 Å². The van der Waals surface area contributed by atoms with E-state index in [9.17, 15) is 13.2 Å². The third kappa shape index (κ3) is 4.09. The molecule has 3 rings (SSSR count). The van der Waals surface area contributed by atoms with Crippen molar-refractivity contribution in [3.05, 3.63) is 65.9 Å². The van der Waals surface area contributed by atoms with Crippen molar-refractivity contribution in [1.29, 1.82) is 0 Å². The van der Waals surface area contributed by atoms with Gasteiger partial charge in [-0.3, -0.25) is 13.8 Å². The third-order valence-electron chi connectivity index (χ3n) is 4.46. The van der Waals surface area contributed by atoms with Crippen LogP contribution in [0.4, 0.5) is 11.5 Å². The highest BCUT2D eigenvalue weighted by Crippen LogP contribution is 2.26. The molecule has 3 aromatic rings. The van der Waals surface area contributed by atoms with E-state index in [4.69, 9.17) is 4.74 Å². The molecule has 9 heteroatoms. The zero-order chi connectivity index (χ0) is 21.2. The van der Waals surface area contributed by atoms with Crippen molar-refractivity contribution in [2.24, 2.45) is 7.05 Å². The molecular weight excluding hydrogens is 392 g/mol. The number of anilines is 2. The largest absolute Gasteiger partial charge is 0.497 e. The van der Waals surface area contributed by atoms with Gasteiger partial charge in [0.25, 0.3) is 15.9 Å². The van der Waals surface area contributed by atoms with Crippen LogP contribution in [0.5, 0.6) is 5.75 Å². The summed E-state index contributed by atoms with van der Waals surface area (Å²) >= 11 is 0. The summed E-state index contributed by atoms with van der Waals surface area (Å²) in [4.78, 5) is 13.0. The number of nitrogens with zero attached hydrogens (tertiary/aromatic N) is 3. The van der Waals surface area contributed by atoms with Gasteiger partial charge in [0.05, 0.1) is 18.2 Å². The number of methoxy groups -OCH3 is 1. The fourth-order valence-electron chi connectivity index (χ4n) is 2.85. The highest BCUT2D eigenvalue weighted by atomic mass is 32.2. The number of hydrogen-bond acceptors (Lipinski definition) is 5. The number of carbonyl (C=O) groups is 1. The Hall–Kier alpha value is -3.33. The molecule has 29 heavy (non-hydrogen) atoms. The maximum absolute atomic E-state index is 13.0. The number of ether oxygens (including phenoxy) is 1.